The Kier molecular flexibility index (Phi) is 1.78. The van der Waals surface area contributed by atoms with Crippen molar-refractivity contribution in [2.45, 2.75) is 19.4 Å². The average molecular weight is 130 g/mol. The van der Waals surface area contributed by atoms with Crippen molar-refractivity contribution in [2.24, 2.45) is 0 Å². The Balaban J connectivity index is 0.000000810. The van der Waals surface area contributed by atoms with E-state index < -0.39 is 0 Å². The SMILES string of the molecule is CN1CCNC(C)(C)C1.[HH]. The van der Waals surface area contributed by atoms with Crippen LogP contribution in [0.1, 0.15) is 15.3 Å². The van der Waals surface area contributed by atoms with Crippen molar-refractivity contribution < 1.29 is 1.43 Å². The molecule has 0 bridgehead atoms. The molecule has 9 heavy (non-hydrogen) atoms. The lowest BCUT2D eigenvalue weighted by Crippen LogP contribution is -2.55. The third-order valence-electron chi connectivity index (χ3n) is 1.76. The van der Waals surface area contributed by atoms with E-state index in [1.807, 2.05) is 0 Å². The van der Waals surface area contributed by atoms with Gasteiger partial charge < -0.3 is 10.2 Å². The molecule has 2 heteroatoms. The van der Waals surface area contributed by atoms with E-state index in [2.05, 4.69) is 31.1 Å². The van der Waals surface area contributed by atoms with Gasteiger partial charge in [0, 0.05) is 26.6 Å². The Bertz CT molecular complexity index is 104. The molecule has 0 aliphatic carbocycles. The van der Waals surface area contributed by atoms with Gasteiger partial charge in [0.15, 0.2) is 0 Å². The minimum atomic E-state index is 0. The minimum Gasteiger partial charge on any atom is -0.309 e. The van der Waals surface area contributed by atoms with Gasteiger partial charge >= 0.3 is 0 Å². The molecular formula is C7H18N2. The first-order chi connectivity index (χ1) is 4.10. The van der Waals surface area contributed by atoms with Crippen molar-refractivity contribution in [1.29, 1.82) is 0 Å². The van der Waals surface area contributed by atoms with E-state index in [4.69, 9.17) is 0 Å². The second-order valence-electron chi connectivity index (χ2n) is 3.55. The van der Waals surface area contributed by atoms with E-state index in [-0.39, 0.29) is 1.43 Å². The molecule has 0 atom stereocenters. The first-order valence-electron chi connectivity index (χ1n) is 3.54. The maximum atomic E-state index is 3.45. The molecular weight excluding hydrogens is 112 g/mol. The maximum absolute atomic E-state index is 3.45. The highest BCUT2D eigenvalue weighted by molar-refractivity contribution is 4.84. The lowest BCUT2D eigenvalue weighted by molar-refractivity contribution is 0.185. The fourth-order valence-corrected chi connectivity index (χ4v) is 1.39. The van der Waals surface area contributed by atoms with Gasteiger partial charge in [-0.1, -0.05) is 0 Å². The molecule has 1 aliphatic rings. The second kappa shape index (κ2) is 2.27. The van der Waals surface area contributed by atoms with Gasteiger partial charge in [-0.2, -0.15) is 0 Å². The zero-order chi connectivity index (χ0) is 6.91. The van der Waals surface area contributed by atoms with Crippen LogP contribution in [0, 0.1) is 0 Å². The van der Waals surface area contributed by atoms with Crippen LogP contribution in [0.15, 0.2) is 0 Å². The lowest BCUT2D eigenvalue weighted by atomic mass is 10.0. The van der Waals surface area contributed by atoms with E-state index in [0.717, 1.165) is 13.1 Å². The van der Waals surface area contributed by atoms with Crippen LogP contribution in [-0.4, -0.2) is 37.1 Å². The quantitative estimate of drug-likeness (QED) is 0.515. The maximum Gasteiger partial charge on any atom is 0.0252 e. The summed E-state index contributed by atoms with van der Waals surface area (Å²) < 4.78 is 0. The number of piperazine rings is 1. The molecule has 0 aromatic rings. The van der Waals surface area contributed by atoms with Crippen molar-refractivity contribution in [1.82, 2.24) is 10.2 Å². The fourth-order valence-electron chi connectivity index (χ4n) is 1.39. The highest BCUT2D eigenvalue weighted by Crippen LogP contribution is 2.07. The molecule has 1 saturated heterocycles. The molecule has 0 spiro atoms. The third kappa shape index (κ3) is 1.95. The van der Waals surface area contributed by atoms with Gasteiger partial charge in [0.05, 0.1) is 0 Å². The molecule has 0 unspecified atom stereocenters. The molecule has 0 aromatic carbocycles. The Morgan fingerprint density at radius 3 is 2.56 bits per heavy atom. The summed E-state index contributed by atoms with van der Waals surface area (Å²) in [6.07, 6.45) is 0. The number of hydrogen-bond donors (Lipinski definition) is 1. The van der Waals surface area contributed by atoms with Crippen molar-refractivity contribution in [3.8, 4) is 0 Å². The number of rotatable bonds is 0. The summed E-state index contributed by atoms with van der Waals surface area (Å²) in [5.74, 6) is 0. The van der Waals surface area contributed by atoms with Crippen LogP contribution >= 0.6 is 0 Å². The van der Waals surface area contributed by atoms with E-state index in [9.17, 15) is 0 Å². The van der Waals surface area contributed by atoms with E-state index in [0.29, 0.717) is 5.54 Å². The zero-order valence-electron chi connectivity index (χ0n) is 6.57. The molecule has 1 aliphatic heterocycles. The average Bonchev–Trinajstić information content (AvgIpc) is 1.60. The Hall–Kier alpha value is -0.0800. The number of nitrogens with zero attached hydrogens (tertiary/aromatic N) is 1. The molecule has 1 fully saturated rings. The first kappa shape index (κ1) is 7.03. The molecule has 1 rings (SSSR count). The molecule has 1 heterocycles. The predicted octanol–water partition coefficient (Wildman–Crippen LogP) is 0.546. The molecule has 1 N–H and O–H groups in total. The minimum absolute atomic E-state index is 0. The topological polar surface area (TPSA) is 15.3 Å². The molecule has 0 aromatic heterocycles. The summed E-state index contributed by atoms with van der Waals surface area (Å²) >= 11 is 0. The third-order valence-corrected chi connectivity index (χ3v) is 1.76. The predicted molar refractivity (Wildman–Crippen MR) is 41.7 cm³/mol. The number of hydrogen-bond acceptors (Lipinski definition) is 2. The van der Waals surface area contributed by atoms with E-state index in [1.54, 1.807) is 0 Å². The molecule has 0 amide bonds. The molecule has 0 saturated carbocycles. The number of likely N-dealkylation sites (N-methyl/N-ethyl adjacent to an activating group) is 1. The Labute approximate surface area is 58.7 Å². The van der Waals surface area contributed by atoms with Crippen LogP contribution in [0.4, 0.5) is 0 Å². The van der Waals surface area contributed by atoms with Gasteiger partial charge in [-0.15, -0.1) is 0 Å². The van der Waals surface area contributed by atoms with E-state index in [1.165, 1.54) is 6.54 Å². The van der Waals surface area contributed by atoms with Gasteiger partial charge in [0.1, 0.15) is 0 Å². The van der Waals surface area contributed by atoms with Crippen LogP contribution in [0.25, 0.3) is 0 Å². The zero-order valence-corrected chi connectivity index (χ0v) is 6.57. The normalized spacial score (nSPS) is 28.3. The Morgan fingerprint density at radius 1 is 1.56 bits per heavy atom. The van der Waals surface area contributed by atoms with Crippen LogP contribution in [0.3, 0.4) is 0 Å². The van der Waals surface area contributed by atoms with Crippen LogP contribution in [0.2, 0.25) is 0 Å². The summed E-state index contributed by atoms with van der Waals surface area (Å²) in [5.41, 5.74) is 0.326. The van der Waals surface area contributed by atoms with E-state index >= 15 is 0 Å². The highest BCUT2D eigenvalue weighted by atomic mass is 15.2. The molecule has 56 valence electrons. The van der Waals surface area contributed by atoms with Crippen molar-refractivity contribution in [3.05, 3.63) is 0 Å². The van der Waals surface area contributed by atoms with Gasteiger partial charge in [0.2, 0.25) is 0 Å². The van der Waals surface area contributed by atoms with Gasteiger partial charge in [0.25, 0.3) is 0 Å². The van der Waals surface area contributed by atoms with Gasteiger partial charge in [-0.3, -0.25) is 0 Å². The largest absolute Gasteiger partial charge is 0.309 e. The molecule has 2 nitrogen and oxygen atoms in total. The van der Waals surface area contributed by atoms with Crippen molar-refractivity contribution >= 4 is 0 Å². The van der Waals surface area contributed by atoms with Gasteiger partial charge in [-0.25, -0.2) is 0 Å². The number of nitrogens with one attached hydrogen (secondary N) is 1. The smallest absolute Gasteiger partial charge is 0.0252 e. The summed E-state index contributed by atoms with van der Waals surface area (Å²) in [4.78, 5) is 2.36. The van der Waals surface area contributed by atoms with Crippen molar-refractivity contribution in [3.63, 3.8) is 0 Å². The monoisotopic (exact) mass is 130 g/mol. The fraction of sp³-hybridized carbons (Fsp3) is 1.00. The van der Waals surface area contributed by atoms with Crippen LogP contribution < -0.4 is 5.32 Å². The lowest BCUT2D eigenvalue weighted by Gasteiger charge is -2.36. The van der Waals surface area contributed by atoms with Crippen LogP contribution in [-0.2, 0) is 0 Å². The summed E-state index contributed by atoms with van der Waals surface area (Å²) in [6.45, 7) is 7.95. The summed E-state index contributed by atoms with van der Waals surface area (Å²) in [5, 5.41) is 3.45. The van der Waals surface area contributed by atoms with Crippen LogP contribution in [0.5, 0.6) is 0 Å². The summed E-state index contributed by atoms with van der Waals surface area (Å²) in [7, 11) is 2.17. The first-order valence-corrected chi connectivity index (χ1v) is 3.54. The van der Waals surface area contributed by atoms with Gasteiger partial charge in [-0.05, 0) is 20.9 Å². The molecule has 0 radical (unpaired) electrons. The highest BCUT2D eigenvalue weighted by Gasteiger charge is 2.22. The standard InChI is InChI=1S/C7H16N2.H2/c1-7(2)6-9(3)5-4-8-7;/h8H,4-6H2,1-3H3;1H. The second-order valence-corrected chi connectivity index (χ2v) is 3.55. The Morgan fingerprint density at radius 2 is 2.22 bits per heavy atom. The summed E-state index contributed by atoms with van der Waals surface area (Å²) in [6, 6.07) is 0. The van der Waals surface area contributed by atoms with Crippen molar-refractivity contribution in [2.75, 3.05) is 26.7 Å².